The number of furan rings is 1. The summed E-state index contributed by atoms with van der Waals surface area (Å²) >= 11 is 0. The second kappa shape index (κ2) is 6.98. The van der Waals surface area contributed by atoms with Crippen molar-refractivity contribution in [2.75, 3.05) is 13.2 Å². The maximum Gasteiger partial charge on any atom is 0.117 e. The lowest BCUT2D eigenvalue weighted by molar-refractivity contribution is 0.0390. The number of rotatable bonds is 6. The van der Waals surface area contributed by atoms with Gasteiger partial charge in [0.05, 0.1) is 37.3 Å². The summed E-state index contributed by atoms with van der Waals surface area (Å²) in [5, 5.41) is 8.11. The first-order chi connectivity index (χ1) is 11.9. The summed E-state index contributed by atoms with van der Waals surface area (Å²) in [7, 11) is 0. The molecule has 3 aromatic rings. The van der Waals surface area contributed by atoms with Crippen molar-refractivity contribution in [3.05, 3.63) is 71.7 Å². The Labute approximate surface area is 140 Å². The minimum Gasteiger partial charge on any atom is -0.468 e. The fourth-order valence-corrected chi connectivity index (χ4v) is 2.97. The van der Waals surface area contributed by atoms with Crippen LogP contribution in [0.15, 0.2) is 53.4 Å². The first-order valence-corrected chi connectivity index (χ1v) is 8.19. The normalized spacial score (nSPS) is 16.9. The monoisotopic (exact) mass is 324 g/mol. The molecule has 0 aliphatic carbocycles. The standard InChI is InChI=1S/C18H20N4O2/c1-2-7-20-15(4-1)13-22-12-14-6-9-24-17(18(14)21-22)11-19-10-16-5-3-8-23-16/h1-5,7-8,12,17,19H,6,9-11,13H2. The molecule has 0 spiro atoms. The molecule has 1 aliphatic heterocycles. The van der Waals surface area contributed by atoms with E-state index >= 15 is 0 Å². The smallest absolute Gasteiger partial charge is 0.117 e. The summed E-state index contributed by atoms with van der Waals surface area (Å²) in [5.74, 6) is 0.923. The van der Waals surface area contributed by atoms with Gasteiger partial charge >= 0.3 is 0 Å². The molecule has 1 N–H and O–H groups in total. The molecule has 0 saturated carbocycles. The molecular weight excluding hydrogens is 304 g/mol. The molecule has 0 fully saturated rings. The van der Waals surface area contributed by atoms with E-state index in [-0.39, 0.29) is 6.10 Å². The van der Waals surface area contributed by atoms with Crippen LogP contribution in [0.4, 0.5) is 0 Å². The van der Waals surface area contributed by atoms with Crippen LogP contribution in [-0.2, 0) is 24.2 Å². The van der Waals surface area contributed by atoms with Gasteiger partial charge in [0.25, 0.3) is 0 Å². The van der Waals surface area contributed by atoms with Crippen molar-refractivity contribution in [3.8, 4) is 0 Å². The first kappa shape index (κ1) is 15.1. The van der Waals surface area contributed by atoms with Gasteiger partial charge in [0.1, 0.15) is 11.9 Å². The largest absolute Gasteiger partial charge is 0.468 e. The fourth-order valence-electron chi connectivity index (χ4n) is 2.97. The molecule has 1 atom stereocenters. The van der Waals surface area contributed by atoms with Gasteiger partial charge in [0.15, 0.2) is 0 Å². The maximum atomic E-state index is 5.90. The highest BCUT2D eigenvalue weighted by Gasteiger charge is 2.24. The van der Waals surface area contributed by atoms with Crippen molar-refractivity contribution in [2.24, 2.45) is 0 Å². The highest BCUT2D eigenvalue weighted by atomic mass is 16.5. The number of nitrogens with zero attached hydrogens (tertiary/aromatic N) is 3. The van der Waals surface area contributed by atoms with Crippen molar-refractivity contribution in [3.63, 3.8) is 0 Å². The zero-order valence-corrected chi connectivity index (χ0v) is 13.4. The molecule has 4 heterocycles. The van der Waals surface area contributed by atoms with Crippen LogP contribution in [0.5, 0.6) is 0 Å². The van der Waals surface area contributed by atoms with Crippen molar-refractivity contribution < 1.29 is 9.15 Å². The summed E-state index contributed by atoms with van der Waals surface area (Å²) in [5.41, 5.74) is 3.30. The molecule has 124 valence electrons. The van der Waals surface area contributed by atoms with Crippen LogP contribution >= 0.6 is 0 Å². The Morgan fingerprint density at radius 3 is 3.08 bits per heavy atom. The third-order valence-corrected chi connectivity index (χ3v) is 4.12. The highest BCUT2D eigenvalue weighted by molar-refractivity contribution is 5.23. The molecule has 0 amide bonds. The molecule has 3 aromatic heterocycles. The van der Waals surface area contributed by atoms with E-state index in [2.05, 4.69) is 16.5 Å². The molecule has 4 rings (SSSR count). The Balaban J connectivity index is 1.42. The average Bonchev–Trinajstić information content (AvgIpc) is 3.25. The second-order valence-corrected chi connectivity index (χ2v) is 5.88. The third-order valence-electron chi connectivity index (χ3n) is 4.12. The van der Waals surface area contributed by atoms with Gasteiger partial charge < -0.3 is 14.5 Å². The average molecular weight is 324 g/mol. The van der Waals surface area contributed by atoms with E-state index in [0.717, 1.165) is 30.2 Å². The van der Waals surface area contributed by atoms with Gasteiger partial charge in [-0.3, -0.25) is 9.67 Å². The van der Waals surface area contributed by atoms with Crippen LogP contribution in [0.2, 0.25) is 0 Å². The van der Waals surface area contributed by atoms with E-state index in [1.807, 2.05) is 41.2 Å². The number of hydrogen-bond donors (Lipinski definition) is 1. The second-order valence-electron chi connectivity index (χ2n) is 5.88. The molecule has 0 radical (unpaired) electrons. The van der Waals surface area contributed by atoms with Crippen LogP contribution < -0.4 is 5.32 Å². The SMILES string of the molecule is c1ccc(Cn2cc3c(n2)C(CNCc2ccco2)OCC3)nc1. The first-order valence-electron chi connectivity index (χ1n) is 8.19. The predicted octanol–water partition coefficient (Wildman–Crippen LogP) is 2.32. The van der Waals surface area contributed by atoms with Crippen LogP contribution in [0.25, 0.3) is 0 Å². The molecule has 6 heteroatoms. The molecule has 1 unspecified atom stereocenters. The van der Waals surface area contributed by atoms with Crippen molar-refractivity contribution in [1.29, 1.82) is 0 Å². The number of hydrogen-bond acceptors (Lipinski definition) is 5. The van der Waals surface area contributed by atoms with E-state index in [4.69, 9.17) is 14.3 Å². The predicted molar refractivity (Wildman–Crippen MR) is 88.4 cm³/mol. The fraction of sp³-hybridized carbons (Fsp3) is 0.333. The van der Waals surface area contributed by atoms with Crippen LogP contribution in [-0.4, -0.2) is 27.9 Å². The summed E-state index contributed by atoms with van der Waals surface area (Å²) in [6, 6.07) is 9.79. The topological polar surface area (TPSA) is 65.1 Å². The minimum atomic E-state index is -0.0197. The Kier molecular flexibility index (Phi) is 4.40. The molecule has 0 bridgehead atoms. The quantitative estimate of drug-likeness (QED) is 0.754. The van der Waals surface area contributed by atoms with E-state index < -0.39 is 0 Å². The summed E-state index contributed by atoms with van der Waals surface area (Å²) in [6.45, 7) is 2.82. The van der Waals surface area contributed by atoms with E-state index in [1.165, 1.54) is 5.56 Å². The van der Waals surface area contributed by atoms with Gasteiger partial charge in [-0.2, -0.15) is 5.10 Å². The Morgan fingerprint density at radius 2 is 2.25 bits per heavy atom. The zero-order chi connectivity index (χ0) is 16.2. The maximum absolute atomic E-state index is 5.90. The van der Waals surface area contributed by atoms with Crippen LogP contribution in [0.1, 0.15) is 28.8 Å². The Morgan fingerprint density at radius 1 is 1.25 bits per heavy atom. The summed E-state index contributed by atoms with van der Waals surface area (Å²) in [6.07, 6.45) is 6.50. The third kappa shape index (κ3) is 3.39. The lowest BCUT2D eigenvalue weighted by Gasteiger charge is -2.22. The van der Waals surface area contributed by atoms with Crippen molar-refractivity contribution >= 4 is 0 Å². The zero-order valence-electron chi connectivity index (χ0n) is 13.4. The van der Waals surface area contributed by atoms with Gasteiger partial charge in [0, 0.05) is 18.9 Å². The molecule has 0 saturated heterocycles. The van der Waals surface area contributed by atoms with E-state index in [1.54, 1.807) is 6.26 Å². The number of nitrogens with one attached hydrogen (secondary N) is 1. The van der Waals surface area contributed by atoms with Gasteiger partial charge in [-0.1, -0.05) is 6.07 Å². The number of aromatic nitrogens is 3. The number of fused-ring (bicyclic) bond motifs is 1. The van der Waals surface area contributed by atoms with Crippen molar-refractivity contribution in [1.82, 2.24) is 20.1 Å². The number of ether oxygens (including phenoxy) is 1. The van der Waals surface area contributed by atoms with Gasteiger partial charge in [-0.15, -0.1) is 0 Å². The lowest BCUT2D eigenvalue weighted by atomic mass is 10.1. The number of pyridine rings is 1. The minimum absolute atomic E-state index is 0.0197. The molecule has 6 nitrogen and oxygen atoms in total. The Hall–Kier alpha value is -2.44. The molecular formula is C18H20N4O2. The van der Waals surface area contributed by atoms with E-state index in [9.17, 15) is 0 Å². The Bertz CT molecular complexity index is 768. The van der Waals surface area contributed by atoms with Gasteiger partial charge in [-0.25, -0.2) is 0 Å². The summed E-state index contributed by atoms with van der Waals surface area (Å²) in [4.78, 5) is 4.36. The highest BCUT2D eigenvalue weighted by Crippen LogP contribution is 2.25. The molecule has 1 aliphatic rings. The van der Waals surface area contributed by atoms with Crippen LogP contribution in [0, 0.1) is 0 Å². The van der Waals surface area contributed by atoms with Gasteiger partial charge in [0.2, 0.25) is 0 Å². The van der Waals surface area contributed by atoms with E-state index in [0.29, 0.717) is 19.6 Å². The molecule has 24 heavy (non-hydrogen) atoms. The van der Waals surface area contributed by atoms with Gasteiger partial charge in [-0.05, 0) is 36.2 Å². The summed E-state index contributed by atoms with van der Waals surface area (Å²) < 4.78 is 13.2. The molecule has 0 aromatic carbocycles. The van der Waals surface area contributed by atoms with Crippen LogP contribution in [0.3, 0.4) is 0 Å². The lowest BCUT2D eigenvalue weighted by Crippen LogP contribution is -2.27. The van der Waals surface area contributed by atoms with Crippen molar-refractivity contribution in [2.45, 2.75) is 25.6 Å².